The third-order valence-electron chi connectivity index (χ3n) is 2.60. The zero-order valence-corrected chi connectivity index (χ0v) is 9.15. The van der Waals surface area contributed by atoms with Gasteiger partial charge in [0.05, 0.1) is 5.56 Å². The predicted molar refractivity (Wildman–Crippen MR) is 63.8 cm³/mol. The molecule has 0 spiro atoms. The molecule has 3 aromatic rings. The van der Waals surface area contributed by atoms with Gasteiger partial charge in [0.1, 0.15) is 17.2 Å². The maximum absolute atomic E-state index is 13.2. The summed E-state index contributed by atoms with van der Waals surface area (Å²) in [6, 6.07) is 7.91. The number of nitrogens with two attached hydrogens (primary N) is 1. The summed E-state index contributed by atoms with van der Waals surface area (Å²) in [5.41, 5.74) is 7.23. The summed E-state index contributed by atoms with van der Waals surface area (Å²) in [5, 5.41) is 0. The number of rotatable bonds is 1. The lowest BCUT2D eigenvalue weighted by Gasteiger charge is -2.00. The van der Waals surface area contributed by atoms with Crippen LogP contribution in [0, 0.1) is 11.6 Å². The van der Waals surface area contributed by atoms with E-state index < -0.39 is 11.6 Å². The minimum Gasteiger partial charge on any atom is -0.436 e. The molecule has 0 aliphatic heterocycles. The van der Waals surface area contributed by atoms with E-state index in [4.69, 9.17) is 10.2 Å². The SMILES string of the molecule is Nc1ccc(F)cc1-c1nc2ccc(F)cc2o1. The fourth-order valence-electron chi connectivity index (χ4n) is 1.73. The molecule has 0 amide bonds. The van der Waals surface area contributed by atoms with Gasteiger partial charge in [-0.1, -0.05) is 0 Å². The average Bonchev–Trinajstić information content (AvgIpc) is 2.74. The molecule has 0 unspecified atom stereocenters. The molecule has 1 aromatic heterocycles. The van der Waals surface area contributed by atoms with Gasteiger partial charge in [-0.15, -0.1) is 0 Å². The van der Waals surface area contributed by atoms with Gasteiger partial charge in [-0.25, -0.2) is 13.8 Å². The Bertz CT molecular complexity index is 737. The van der Waals surface area contributed by atoms with Crippen LogP contribution < -0.4 is 5.73 Å². The van der Waals surface area contributed by atoms with Crippen molar-refractivity contribution in [2.24, 2.45) is 0 Å². The molecule has 1 heterocycles. The largest absolute Gasteiger partial charge is 0.436 e. The number of anilines is 1. The quantitative estimate of drug-likeness (QED) is 0.670. The van der Waals surface area contributed by atoms with Crippen LogP contribution in [0.1, 0.15) is 0 Å². The Morgan fingerprint density at radius 2 is 1.72 bits per heavy atom. The molecule has 0 saturated carbocycles. The van der Waals surface area contributed by atoms with E-state index in [9.17, 15) is 8.78 Å². The van der Waals surface area contributed by atoms with Gasteiger partial charge in [-0.2, -0.15) is 0 Å². The van der Waals surface area contributed by atoms with E-state index >= 15 is 0 Å². The predicted octanol–water partition coefficient (Wildman–Crippen LogP) is 3.36. The van der Waals surface area contributed by atoms with Crippen molar-refractivity contribution in [3.63, 3.8) is 0 Å². The zero-order valence-electron chi connectivity index (χ0n) is 9.15. The lowest BCUT2D eigenvalue weighted by Crippen LogP contribution is -1.90. The second kappa shape index (κ2) is 3.80. The van der Waals surface area contributed by atoms with Crippen LogP contribution >= 0.6 is 0 Å². The summed E-state index contributed by atoms with van der Waals surface area (Å²) in [7, 11) is 0. The van der Waals surface area contributed by atoms with E-state index in [0.29, 0.717) is 22.4 Å². The minimum absolute atomic E-state index is 0.174. The van der Waals surface area contributed by atoms with Crippen molar-refractivity contribution in [1.82, 2.24) is 4.98 Å². The van der Waals surface area contributed by atoms with Gasteiger partial charge in [0.2, 0.25) is 5.89 Å². The van der Waals surface area contributed by atoms with Gasteiger partial charge in [0, 0.05) is 11.8 Å². The molecule has 0 aliphatic rings. The van der Waals surface area contributed by atoms with E-state index in [1.54, 1.807) is 0 Å². The Labute approximate surface area is 101 Å². The molecule has 0 aliphatic carbocycles. The summed E-state index contributed by atoms with van der Waals surface area (Å²) in [6.45, 7) is 0. The summed E-state index contributed by atoms with van der Waals surface area (Å²) in [6.07, 6.45) is 0. The molecule has 3 rings (SSSR count). The lowest BCUT2D eigenvalue weighted by molar-refractivity contribution is 0.599. The normalized spacial score (nSPS) is 11.0. The van der Waals surface area contributed by atoms with Crippen LogP contribution in [0.25, 0.3) is 22.6 Å². The Kier molecular flexibility index (Phi) is 2.26. The van der Waals surface area contributed by atoms with Crippen LogP contribution in [0.4, 0.5) is 14.5 Å². The van der Waals surface area contributed by atoms with Crippen molar-refractivity contribution in [3.05, 3.63) is 48.0 Å². The maximum Gasteiger partial charge on any atom is 0.229 e. The van der Waals surface area contributed by atoms with Crippen molar-refractivity contribution in [2.75, 3.05) is 5.73 Å². The van der Waals surface area contributed by atoms with Gasteiger partial charge >= 0.3 is 0 Å². The van der Waals surface area contributed by atoms with Gasteiger partial charge in [-0.3, -0.25) is 0 Å². The van der Waals surface area contributed by atoms with E-state index in [0.717, 1.165) is 0 Å². The number of halogens is 2. The fraction of sp³-hybridized carbons (Fsp3) is 0. The highest BCUT2D eigenvalue weighted by molar-refractivity contribution is 5.79. The molecule has 0 fully saturated rings. The first kappa shape index (κ1) is 10.7. The van der Waals surface area contributed by atoms with E-state index in [-0.39, 0.29) is 5.89 Å². The third-order valence-corrected chi connectivity index (χ3v) is 2.60. The topological polar surface area (TPSA) is 52.0 Å². The van der Waals surface area contributed by atoms with E-state index in [1.165, 1.54) is 36.4 Å². The Balaban J connectivity index is 2.22. The summed E-state index contributed by atoms with van der Waals surface area (Å²) in [4.78, 5) is 4.15. The molecule has 5 heteroatoms. The summed E-state index contributed by atoms with van der Waals surface area (Å²) < 4.78 is 31.6. The van der Waals surface area contributed by atoms with Crippen molar-refractivity contribution >= 4 is 16.8 Å². The molecule has 3 nitrogen and oxygen atoms in total. The number of aromatic nitrogens is 1. The molecule has 2 N–H and O–H groups in total. The number of fused-ring (bicyclic) bond motifs is 1. The lowest BCUT2D eigenvalue weighted by atomic mass is 10.2. The van der Waals surface area contributed by atoms with Gasteiger partial charge in [0.15, 0.2) is 5.58 Å². The molecule has 0 atom stereocenters. The van der Waals surface area contributed by atoms with Crippen LogP contribution in [-0.4, -0.2) is 4.98 Å². The smallest absolute Gasteiger partial charge is 0.229 e. The second-order valence-corrected chi connectivity index (χ2v) is 3.86. The highest BCUT2D eigenvalue weighted by Gasteiger charge is 2.12. The summed E-state index contributed by atoms with van der Waals surface area (Å²) >= 11 is 0. The monoisotopic (exact) mass is 246 g/mol. The molecule has 2 aromatic carbocycles. The van der Waals surface area contributed by atoms with Crippen LogP contribution in [0.3, 0.4) is 0 Å². The number of benzene rings is 2. The van der Waals surface area contributed by atoms with Crippen LogP contribution in [-0.2, 0) is 0 Å². The van der Waals surface area contributed by atoms with Gasteiger partial charge in [0.25, 0.3) is 0 Å². The molecule has 18 heavy (non-hydrogen) atoms. The van der Waals surface area contributed by atoms with Gasteiger partial charge < -0.3 is 10.2 Å². The van der Waals surface area contributed by atoms with Crippen molar-refractivity contribution in [2.45, 2.75) is 0 Å². The van der Waals surface area contributed by atoms with Crippen LogP contribution in [0.5, 0.6) is 0 Å². The van der Waals surface area contributed by atoms with Crippen molar-refractivity contribution < 1.29 is 13.2 Å². The third kappa shape index (κ3) is 1.69. The standard InChI is InChI=1S/C13H8F2N2O/c14-7-1-3-10(16)9(5-7)13-17-11-4-2-8(15)6-12(11)18-13/h1-6H,16H2. The first-order valence-corrected chi connectivity index (χ1v) is 5.25. The Hall–Kier alpha value is -2.43. The highest BCUT2D eigenvalue weighted by Crippen LogP contribution is 2.29. The second-order valence-electron chi connectivity index (χ2n) is 3.86. The number of nitrogen functional groups attached to an aromatic ring is 1. The molecule has 0 saturated heterocycles. The molecular weight excluding hydrogens is 238 g/mol. The Morgan fingerprint density at radius 1 is 1.00 bits per heavy atom. The Morgan fingerprint density at radius 3 is 2.56 bits per heavy atom. The van der Waals surface area contributed by atoms with Crippen LogP contribution in [0.15, 0.2) is 40.8 Å². The minimum atomic E-state index is -0.437. The van der Waals surface area contributed by atoms with Gasteiger partial charge in [-0.05, 0) is 30.3 Å². The van der Waals surface area contributed by atoms with E-state index in [2.05, 4.69) is 4.98 Å². The fourth-order valence-corrected chi connectivity index (χ4v) is 1.73. The maximum atomic E-state index is 13.2. The zero-order chi connectivity index (χ0) is 12.7. The number of hydrogen-bond acceptors (Lipinski definition) is 3. The first-order chi connectivity index (χ1) is 8.63. The number of oxazole rings is 1. The number of hydrogen-bond donors (Lipinski definition) is 1. The molecule has 0 radical (unpaired) electrons. The molecular formula is C13H8F2N2O. The molecule has 90 valence electrons. The number of nitrogens with zero attached hydrogens (tertiary/aromatic N) is 1. The molecule has 0 bridgehead atoms. The highest BCUT2D eigenvalue weighted by atomic mass is 19.1. The summed E-state index contributed by atoms with van der Waals surface area (Å²) in [5.74, 6) is -0.683. The van der Waals surface area contributed by atoms with Crippen LogP contribution in [0.2, 0.25) is 0 Å². The average molecular weight is 246 g/mol. The van der Waals surface area contributed by atoms with Crippen molar-refractivity contribution in [1.29, 1.82) is 0 Å². The van der Waals surface area contributed by atoms with E-state index in [1.807, 2.05) is 0 Å². The first-order valence-electron chi connectivity index (χ1n) is 5.25. The van der Waals surface area contributed by atoms with Crippen molar-refractivity contribution in [3.8, 4) is 11.5 Å².